The second-order valence-corrected chi connectivity index (χ2v) is 9.93. The van der Waals surface area contributed by atoms with Crippen LogP contribution in [0.3, 0.4) is 0 Å². The van der Waals surface area contributed by atoms with Crippen LogP contribution in [-0.4, -0.2) is 25.9 Å². The minimum Gasteiger partial charge on any atom is -0.456 e. The highest BCUT2D eigenvalue weighted by molar-refractivity contribution is 5.97. The molecule has 5 rings (SSSR count). The molecule has 1 amide bonds. The number of halogens is 1. The number of aryl methyl sites for hydroxylation is 3. The number of nitrogens with zero attached hydrogens (tertiary/aromatic N) is 5. The van der Waals surface area contributed by atoms with E-state index in [2.05, 4.69) is 32.0 Å². The number of benzene rings is 3. The molecule has 0 aliphatic carbocycles. The van der Waals surface area contributed by atoms with Gasteiger partial charge in [0.2, 0.25) is 0 Å². The minimum absolute atomic E-state index is 0.120. The second-order valence-electron chi connectivity index (χ2n) is 9.93. The standard InChI is InChI=1S/C32H28FN7O2/c1-20-11-21(2)31(22(3)12-20)42-29-14-30(37-26-9-7-23(15-34)8-10-26)35-17-28(29)32(41)36-16-27-19-40(39-38-27)18-24-5-4-6-25(33)13-24/h4-14,17,19H,16,18H2,1-3H3,(H,35,37)(H,36,41). The number of hydrogen-bond donors (Lipinski definition) is 2. The van der Waals surface area contributed by atoms with E-state index in [1.807, 2.05) is 32.9 Å². The van der Waals surface area contributed by atoms with Gasteiger partial charge in [0.15, 0.2) is 0 Å². The van der Waals surface area contributed by atoms with Crippen molar-refractivity contribution in [2.75, 3.05) is 5.32 Å². The van der Waals surface area contributed by atoms with E-state index >= 15 is 0 Å². The lowest BCUT2D eigenvalue weighted by molar-refractivity contribution is 0.0947. The Morgan fingerprint density at radius 2 is 1.81 bits per heavy atom. The van der Waals surface area contributed by atoms with Crippen LogP contribution in [0.2, 0.25) is 0 Å². The third kappa shape index (κ3) is 6.77. The Hall–Kier alpha value is -5.56. The molecule has 0 unspecified atom stereocenters. The summed E-state index contributed by atoms with van der Waals surface area (Å²) in [7, 11) is 0. The fourth-order valence-corrected chi connectivity index (χ4v) is 4.56. The fourth-order valence-electron chi connectivity index (χ4n) is 4.56. The summed E-state index contributed by atoms with van der Waals surface area (Å²) >= 11 is 0. The van der Waals surface area contributed by atoms with Crippen molar-refractivity contribution in [3.05, 3.63) is 124 Å². The monoisotopic (exact) mass is 561 g/mol. The van der Waals surface area contributed by atoms with Crippen LogP contribution in [-0.2, 0) is 13.1 Å². The highest BCUT2D eigenvalue weighted by Gasteiger charge is 2.18. The Balaban J connectivity index is 1.36. The zero-order valence-electron chi connectivity index (χ0n) is 23.4. The smallest absolute Gasteiger partial charge is 0.256 e. The molecule has 2 N–H and O–H groups in total. The molecule has 0 aliphatic heterocycles. The van der Waals surface area contributed by atoms with Crippen molar-refractivity contribution >= 4 is 17.4 Å². The first-order chi connectivity index (χ1) is 20.3. The SMILES string of the molecule is Cc1cc(C)c(Oc2cc(Nc3ccc(C#N)cc3)ncc2C(=O)NCc2cn(Cc3cccc(F)c3)nn2)c(C)c1. The first-order valence-electron chi connectivity index (χ1n) is 13.2. The lowest BCUT2D eigenvalue weighted by Crippen LogP contribution is -2.24. The summed E-state index contributed by atoms with van der Waals surface area (Å²) in [5.41, 5.74) is 5.79. The van der Waals surface area contributed by atoms with Crippen molar-refractivity contribution in [3.8, 4) is 17.6 Å². The van der Waals surface area contributed by atoms with Gasteiger partial charge in [-0.3, -0.25) is 4.79 Å². The van der Waals surface area contributed by atoms with Crippen LogP contribution in [0.5, 0.6) is 11.5 Å². The molecule has 0 atom stereocenters. The van der Waals surface area contributed by atoms with Gasteiger partial charge in [0.1, 0.15) is 34.4 Å². The van der Waals surface area contributed by atoms with Gasteiger partial charge in [0.25, 0.3) is 5.91 Å². The maximum Gasteiger partial charge on any atom is 0.256 e. The molecule has 0 radical (unpaired) electrons. The third-order valence-electron chi connectivity index (χ3n) is 6.46. The number of nitrogens with one attached hydrogen (secondary N) is 2. The zero-order chi connectivity index (χ0) is 29.6. The van der Waals surface area contributed by atoms with Crippen molar-refractivity contribution in [3.63, 3.8) is 0 Å². The van der Waals surface area contributed by atoms with Gasteiger partial charge in [0.05, 0.1) is 30.9 Å². The summed E-state index contributed by atoms with van der Waals surface area (Å²) < 4.78 is 21.4. The molecule has 3 aromatic carbocycles. The molecule has 10 heteroatoms. The highest BCUT2D eigenvalue weighted by Crippen LogP contribution is 2.33. The Morgan fingerprint density at radius 3 is 2.52 bits per heavy atom. The number of rotatable bonds is 9. The average Bonchev–Trinajstić information content (AvgIpc) is 3.41. The van der Waals surface area contributed by atoms with Crippen molar-refractivity contribution in [1.29, 1.82) is 5.26 Å². The number of amides is 1. The first kappa shape index (κ1) is 28.0. The fraction of sp³-hybridized carbons (Fsp3) is 0.156. The molecule has 0 saturated carbocycles. The van der Waals surface area contributed by atoms with Crippen molar-refractivity contribution in [2.45, 2.75) is 33.9 Å². The molecule has 9 nitrogen and oxygen atoms in total. The first-order valence-corrected chi connectivity index (χ1v) is 13.2. The van der Waals surface area contributed by atoms with Crippen LogP contribution >= 0.6 is 0 Å². The lowest BCUT2D eigenvalue weighted by Gasteiger charge is -2.16. The molecule has 2 aromatic heterocycles. The molecule has 210 valence electrons. The molecular weight excluding hydrogens is 533 g/mol. The number of aromatic nitrogens is 4. The quantitative estimate of drug-likeness (QED) is 0.222. The van der Waals surface area contributed by atoms with E-state index in [0.29, 0.717) is 35.1 Å². The van der Waals surface area contributed by atoms with Crippen LogP contribution in [0.4, 0.5) is 15.9 Å². The van der Waals surface area contributed by atoms with Crippen LogP contribution in [0.15, 0.2) is 79.1 Å². The van der Waals surface area contributed by atoms with Gasteiger partial charge in [-0.1, -0.05) is 35.0 Å². The number of hydrogen-bond acceptors (Lipinski definition) is 7. The summed E-state index contributed by atoms with van der Waals surface area (Å²) in [4.78, 5) is 17.8. The molecule has 5 aromatic rings. The number of carbonyl (C=O) groups is 1. The van der Waals surface area contributed by atoms with E-state index in [0.717, 1.165) is 27.9 Å². The van der Waals surface area contributed by atoms with E-state index in [9.17, 15) is 9.18 Å². The maximum atomic E-state index is 13.5. The van der Waals surface area contributed by atoms with Crippen LogP contribution in [0.1, 0.15) is 43.9 Å². The summed E-state index contributed by atoms with van der Waals surface area (Å²) in [6.45, 7) is 6.40. The van der Waals surface area contributed by atoms with Crippen molar-refractivity contribution in [1.82, 2.24) is 25.3 Å². The molecule has 2 heterocycles. The molecule has 42 heavy (non-hydrogen) atoms. The van der Waals surface area contributed by atoms with Gasteiger partial charge < -0.3 is 15.4 Å². The summed E-state index contributed by atoms with van der Waals surface area (Å²) in [5, 5.41) is 23.3. The normalized spacial score (nSPS) is 10.6. The Morgan fingerprint density at radius 1 is 1.05 bits per heavy atom. The van der Waals surface area contributed by atoms with Crippen LogP contribution < -0.4 is 15.4 Å². The van der Waals surface area contributed by atoms with E-state index in [-0.39, 0.29) is 17.9 Å². The summed E-state index contributed by atoms with van der Waals surface area (Å²) in [5.74, 6) is 0.730. The van der Waals surface area contributed by atoms with Crippen LogP contribution in [0.25, 0.3) is 0 Å². The number of carbonyl (C=O) groups excluding carboxylic acids is 1. The predicted molar refractivity (Wildman–Crippen MR) is 156 cm³/mol. The molecular formula is C32H28FN7O2. The number of ether oxygens (including phenoxy) is 1. The number of anilines is 2. The molecule has 0 bridgehead atoms. The molecule has 0 aliphatic rings. The van der Waals surface area contributed by atoms with Crippen LogP contribution in [0, 0.1) is 37.9 Å². The summed E-state index contributed by atoms with van der Waals surface area (Å²) in [6.07, 6.45) is 3.15. The van der Waals surface area contributed by atoms with E-state index in [1.165, 1.54) is 18.3 Å². The highest BCUT2D eigenvalue weighted by atomic mass is 19.1. The van der Waals surface area contributed by atoms with Crippen molar-refractivity contribution < 1.29 is 13.9 Å². The van der Waals surface area contributed by atoms with Gasteiger partial charge in [-0.05, 0) is 73.9 Å². The van der Waals surface area contributed by atoms with Gasteiger partial charge in [0, 0.05) is 18.0 Å². The average molecular weight is 562 g/mol. The molecule has 0 saturated heterocycles. The maximum absolute atomic E-state index is 13.5. The minimum atomic E-state index is -0.399. The van der Waals surface area contributed by atoms with E-state index < -0.39 is 5.91 Å². The van der Waals surface area contributed by atoms with Gasteiger partial charge in [-0.15, -0.1) is 5.10 Å². The number of nitriles is 1. The topological polar surface area (TPSA) is 118 Å². The Bertz CT molecular complexity index is 1770. The van der Waals surface area contributed by atoms with E-state index in [4.69, 9.17) is 10.00 Å². The molecule has 0 fully saturated rings. The zero-order valence-corrected chi connectivity index (χ0v) is 23.4. The van der Waals surface area contributed by atoms with Gasteiger partial charge in [-0.25, -0.2) is 14.1 Å². The lowest BCUT2D eigenvalue weighted by atomic mass is 10.1. The van der Waals surface area contributed by atoms with E-state index in [1.54, 1.807) is 53.3 Å². The van der Waals surface area contributed by atoms with Gasteiger partial charge in [-0.2, -0.15) is 5.26 Å². The Labute approximate surface area is 242 Å². The largest absolute Gasteiger partial charge is 0.456 e. The Kier molecular flexibility index (Phi) is 8.20. The summed E-state index contributed by atoms with van der Waals surface area (Å²) in [6, 6.07) is 21.0. The van der Waals surface area contributed by atoms with Crippen molar-refractivity contribution in [2.24, 2.45) is 0 Å². The van der Waals surface area contributed by atoms with Gasteiger partial charge >= 0.3 is 0 Å². The molecule has 0 spiro atoms. The number of pyridine rings is 1. The second kappa shape index (κ2) is 12.3. The predicted octanol–water partition coefficient (Wildman–Crippen LogP) is 6.12. The third-order valence-corrected chi connectivity index (χ3v) is 6.46.